The van der Waals surface area contributed by atoms with Crippen LogP contribution in [0.5, 0.6) is 0 Å². The molecule has 1 nitrogen and oxygen atoms in total. The van der Waals surface area contributed by atoms with Crippen molar-refractivity contribution in [3.63, 3.8) is 0 Å². The fraction of sp³-hybridized carbons (Fsp3) is 0. The summed E-state index contributed by atoms with van der Waals surface area (Å²) in [4.78, 5) is 0. The molecule has 4 heteroatoms. The molecule has 0 aromatic carbocycles. The summed E-state index contributed by atoms with van der Waals surface area (Å²) in [5, 5.41) is 0. The van der Waals surface area contributed by atoms with E-state index >= 15 is 0 Å². The second kappa shape index (κ2) is 23.3. The van der Waals surface area contributed by atoms with Crippen LogP contribution >= 0.6 is 13.5 Å². The van der Waals surface area contributed by atoms with Gasteiger partial charge in [-0.15, -0.1) is 0 Å². The van der Waals surface area contributed by atoms with Crippen LogP contribution in [-0.4, -0.2) is 0 Å². The Morgan fingerprint density at radius 2 is 1.00 bits per heavy atom. The number of halogens is 1. The molecule has 0 aliphatic rings. The Balaban J connectivity index is 0. The van der Waals surface area contributed by atoms with E-state index in [9.17, 15) is 0 Å². The third-order valence-corrected chi connectivity index (χ3v) is 0. The molecular formula is H5ClNNaS. The van der Waals surface area contributed by atoms with Gasteiger partial charge in [-0.25, -0.2) is 0 Å². The van der Waals surface area contributed by atoms with E-state index < -0.39 is 0 Å². The van der Waals surface area contributed by atoms with Crippen LogP contribution < -0.4 is 48.1 Å². The van der Waals surface area contributed by atoms with E-state index in [4.69, 9.17) is 0 Å². The Bertz CT molecular complexity index is 8.00. The third kappa shape index (κ3) is 9.51. The standard InChI is InChI=1S/ClH.H3N.Na.H2S/h1H;1H3;;1H2/q;;+1;/p-1. The van der Waals surface area contributed by atoms with Crippen molar-refractivity contribution < 1.29 is 42.0 Å². The van der Waals surface area contributed by atoms with Crippen molar-refractivity contribution in [1.82, 2.24) is 6.15 Å². The molecule has 24 valence electrons. The summed E-state index contributed by atoms with van der Waals surface area (Å²) in [5.74, 6) is 0. The van der Waals surface area contributed by atoms with Crippen molar-refractivity contribution in [3.8, 4) is 0 Å². The summed E-state index contributed by atoms with van der Waals surface area (Å²) < 4.78 is 0. The van der Waals surface area contributed by atoms with E-state index in [1.165, 1.54) is 0 Å². The maximum atomic E-state index is 0. The zero-order chi connectivity index (χ0) is 0. The zero-order valence-corrected chi connectivity index (χ0v) is 6.34. The van der Waals surface area contributed by atoms with Gasteiger partial charge in [-0.05, 0) is 0 Å². The van der Waals surface area contributed by atoms with E-state index in [0.29, 0.717) is 0 Å². The first-order valence-corrected chi connectivity index (χ1v) is 0. The van der Waals surface area contributed by atoms with Gasteiger partial charge in [0.25, 0.3) is 0 Å². The van der Waals surface area contributed by atoms with Gasteiger partial charge in [0.1, 0.15) is 0 Å². The molecule has 0 unspecified atom stereocenters. The predicted molar refractivity (Wildman–Crippen MR) is 15.4 cm³/mol. The van der Waals surface area contributed by atoms with Crippen LogP contribution in [0.4, 0.5) is 0 Å². The van der Waals surface area contributed by atoms with E-state index in [0.717, 1.165) is 0 Å². The molecule has 0 bridgehead atoms. The molecule has 0 aromatic rings. The van der Waals surface area contributed by atoms with E-state index in [1.807, 2.05) is 0 Å². The van der Waals surface area contributed by atoms with Gasteiger partial charge in [-0.1, -0.05) is 0 Å². The van der Waals surface area contributed by atoms with Gasteiger partial charge in [0.05, 0.1) is 0 Å². The Hall–Kier alpha value is 1.60. The Kier molecular flexibility index (Phi) is 269. The van der Waals surface area contributed by atoms with Crippen molar-refractivity contribution in [3.05, 3.63) is 0 Å². The average Bonchev–Trinajstić information content (AvgIpc) is 0. The van der Waals surface area contributed by atoms with Gasteiger partial charge in [0.2, 0.25) is 0 Å². The van der Waals surface area contributed by atoms with Crippen molar-refractivity contribution in [1.29, 1.82) is 0 Å². The first-order chi connectivity index (χ1) is 0. The molecule has 0 radical (unpaired) electrons. The summed E-state index contributed by atoms with van der Waals surface area (Å²) in [5.41, 5.74) is 0. The largest absolute Gasteiger partial charge is 1.00 e. The van der Waals surface area contributed by atoms with Crippen molar-refractivity contribution >= 4 is 13.5 Å². The second-order valence-corrected chi connectivity index (χ2v) is 0. The fourth-order valence-electron chi connectivity index (χ4n) is 0. The summed E-state index contributed by atoms with van der Waals surface area (Å²) in [6, 6.07) is 0. The molecule has 0 aliphatic carbocycles. The van der Waals surface area contributed by atoms with Crippen LogP contribution in [0, 0.1) is 0 Å². The van der Waals surface area contributed by atoms with Crippen molar-refractivity contribution in [2.75, 3.05) is 0 Å². The van der Waals surface area contributed by atoms with Crippen molar-refractivity contribution in [2.24, 2.45) is 0 Å². The maximum absolute atomic E-state index is 0. The molecule has 0 amide bonds. The molecule has 0 aliphatic heterocycles. The molecule has 0 fully saturated rings. The number of rotatable bonds is 0. The first-order valence-electron chi connectivity index (χ1n) is 0. The minimum atomic E-state index is 0. The summed E-state index contributed by atoms with van der Waals surface area (Å²) in [7, 11) is 0. The molecule has 0 atom stereocenters. The van der Waals surface area contributed by atoms with Gasteiger partial charge in [-0.3, -0.25) is 0 Å². The Morgan fingerprint density at radius 3 is 1.00 bits per heavy atom. The summed E-state index contributed by atoms with van der Waals surface area (Å²) in [6.45, 7) is 0. The van der Waals surface area contributed by atoms with Gasteiger partial charge >= 0.3 is 29.6 Å². The smallest absolute Gasteiger partial charge is 1.00 e. The number of hydrogen-bond acceptors (Lipinski definition) is 1. The van der Waals surface area contributed by atoms with Crippen molar-refractivity contribution in [2.45, 2.75) is 0 Å². The van der Waals surface area contributed by atoms with Crippen LogP contribution in [-0.2, 0) is 0 Å². The molecule has 0 aromatic heterocycles. The van der Waals surface area contributed by atoms with E-state index in [-0.39, 0.29) is 61.6 Å². The fourth-order valence-corrected chi connectivity index (χ4v) is 0. The SMILES string of the molecule is N.S.[Cl-].[Na+]. The van der Waals surface area contributed by atoms with Crippen LogP contribution in [0.2, 0.25) is 0 Å². The normalized spacial score (nSPS) is 0. The van der Waals surface area contributed by atoms with Crippen LogP contribution in [0.1, 0.15) is 0 Å². The molecule has 0 heterocycles. The van der Waals surface area contributed by atoms with Gasteiger partial charge < -0.3 is 18.6 Å². The molecule has 4 heavy (non-hydrogen) atoms. The minimum absolute atomic E-state index is 0. The molecule has 0 saturated carbocycles. The minimum Gasteiger partial charge on any atom is -1.00 e. The maximum Gasteiger partial charge on any atom is 1.00 e. The van der Waals surface area contributed by atoms with Gasteiger partial charge in [0.15, 0.2) is 0 Å². The van der Waals surface area contributed by atoms with E-state index in [2.05, 4.69) is 0 Å². The Labute approximate surface area is 61.3 Å². The molecule has 0 saturated heterocycles. The Morgan fingerprint density at radius 1 is 1.00 bits per heavy atom. The monoisotopic (exact) mass is 109 g/mol. The quantitative estimate of drug-likeness (QED) is 0.309. The number of hydrogen-bond donors (Lipinski definition) is 1. The van der Waals surface area contributed by atoms with Gasteiger partial charge in [0, 0.05) is 0 Å². The molecule has 0 rings (SSSR count). The average molecular weight is 110 g/mol. The molecular weight excluding hydrogens is 105 g/mol. The van der Waals surface area contributed by atoms with Crippen LogP contribution in [0.15, 0.2) is 0 Å². The van der Waals surface area contributed by atoms with Gasteiger partial charge in [-0.2, -0.15) is 13.5 Å². The predicted octanol–water partition coefficient (Wildman–Crippen LogP) is -5.72. The second-order valence-electron chi connectivity index (χ2n) is 0. The topological polar surface area (TPSA) is 35.0 Å². The van der Waals surface area contributed by atoms with E-state index in [1.54, 1.807) is 0 Å². The molecule has 0 spiro atoms. The van der Waals surface area contributed by atoms with Crippen LogP contribution in [0.3, 0.4) is 0 Å². The third-order valence-electron chi connectivity index (χ3n) is 0. The summed E-state index contributed by atoms with van der Waals surface area (Å²) >= 11 is 0. The van der Waals surface area contributed by atoms with Crippen LogP contribution in [0.25, 0.3) is 0 Å². The zero-order valence-electron chi connectivity index (χ0n) is 2.59. The first kappa shape index (κ1) is 46.3. The molecule has 3 N–H and O–H groups in total. The summed E-state index contributed by atoms with van der Waals surface area (Å²) in [6.07, 6.45) is 0.